The Balaban J connectivity index is 1.07. The molecule has 0 aromatic carbocycles. The quantitative estimate of drug-likeness (QED) is 0.485. The van der Waals surface area contributed by atoms with Gasteiger partial charge < -0.3 is 9.64 Å². The lowest BCUT2D eigenvalue weighted by Crippen LogP contribution is -2.41. The van der Waals surface area contributed by atoms with E-state index in [0.29, 0.717) is 43.1 Å². The molecule has 6 atom stereocenters. The van der Waals surface area contributed by atoms with E-state index in [9.17, 15) is 19.2 Å². The van der Waals surface area contributed by atoms with Gasteiger partial charge >= 0.3 is 0 Å². The number of aromatic nitrogens is 2. The maximum absolute atomic E-state index is 13.0. The summed E-state index contributed by atoms with van der Waals surface area (Å²) < 4.78 is 5.25. The Kier molecular flexibility index (Phi) is 4.65. The molecule has 4 amide bonds. The molecule has 1 N–H and O–H groups in total. The number of ether oxygens (including phenoxy) is 1. The van der Waals surface area contributed by atoms with Crippen molar-refractivity contribution in [1.29, 1.82) is 0 Å². The average Bonchev–Trinajstić information content (AvgIpc) is 3.47. The molecule has 7 rings (SSSR count). The van der Waals surface area contributed by atoms with Gasteiger partial charge in [0.2, 0.25) is 28.8 Å². The third kappa shape index (κ3) is 3.17. The highest BCUT2D eigenvalue weighted by Gasteiger charge is 2.67. The smallest absolute Gasteiger partial charge is 0.246 e. The number of carbonyl (C=O) groups excluding carboxylic acids is 4. The molecule has 4 aliphatic carbocycles. The second-order valence-electron chi connectivity index (χ2n) is 9.14. The Bertz CT molecular complexity index is 998. The Morgan fingerprint density at radius 2 is 1.72 bits per heavy atom. The Morgan fingerprint density at radius 1 is 1.06 bits per heavy atom. The van der Waals surface area contributed by atoms with Crippen LogP contribution < -0.4 is 5.32 Å². The fourth-order valence-corrected chi connectivity index (χ4v) is 6.65. The van der Waals surface area contributed by atoms with Crippen molar-refractivity contribution in [3.63, 3.8) is 0 Å². The summed E-state index contributed by atoms with van der Waals surface area (Å²) in [5.74, 6) is -0.306. The molecular formula is C21H23N5O5S. The number of likely N-dealkylation sites (tertiary alicyclic amines) is 1. The Morgan fingerprint density at radius 3 is 2.38 bits per heavy atom. The van der Waals surface area contributed by atoms with Crippen LogP contribution in [0.4, 0.5) is 5.13 Å². The van der Waals surface area contributed by atoms with Crippen LogP contribution in [-0.4, -0.2) is 76.5 Å². The van der Waals surface area contributed by atoms with Gasteiger partial charge in [-0.05, 0) is 30.1 Å². The summed E-state index contributed by atoms with van der Waals surface area (Å²) in [6, 6.07) is 0. The molecule has 2 bridgehead atoms. The van der Waals surface area contributed by atoms with Crippen LogP contribution in [0.25, 0.3) is 0 Å². The highest BCUT2D eigenvalue weighted by molar-refractivity contribution is 7.15. The molecule has 2 saturated carbocycles. The first-order chi connectivity index (χ1) is 15.5. The lowest BCUT2D eigenvalue weighted by molar-refractivity contribution is -0.143. The second-order valence-corrected chi connectivity index (χ2v) is 10.2. The summed E-state index contributed by atoms with van der Waals surface area (Å²) >= 11 is 1.12. The van der Waals surface area contributed by atoms with E-state index in [0.717, 1.165) is 22.7 Å². The summed E-state index contributed by atoms with van der Waals surface area (Å²) in [4.78, 5) is 53.7. The lowest BCUT2D eigenvalue weighted by Gasteiger charge is -2.37. The molecule has 3 heterocycles. The molecule has 0 unspecified atom stereocenters. The number of morpholine rings is 1. The molecule has 4 fully saturated rings. The molecule has 1 aromatic rings. The monoisotopic (exact) mass is 457 g/mol. The first-order valence-corrected chi connectivity index (χ1v) is 11.8. The number of nitrogens with one attached hydrogen (secondary N) is 1. The average molecular weight is 458 g/mol. The van der Waals surface area contributed by atoms with Gasteiger partial charge in [-0.15, -0.1) is 10.2 Å². The van der Waals surface area contributed by atoms with Crippen LogP contribution in [0.3, 0.4) is 0 Å². The second kappa shape index (κ2) is 7.45. The summed E-state index contributed by atoms with van der Waals surface area (Å²) in [7, 11) is 0. The molecule has 2 aliphatic heterocycles. The summed E-state index contributed by atoms with van der Waals surface area (Å²) in [5, 5.41) is 11.3. The zero-order chi connectivity index (χ0) is 22.0. The van der Waals surface area contributed by atoms with E-state index in [1.54, 1.807) is 4.90 Å². The number of rotatable bonds is 5. The molecule has 6 aliphatic rings. The lowest BCUT2D eigenvalue weighted by atomic mass is 9.63. The Hall–Kier alpha value is -2.66. The van der Waals surface area contributed by atoms with Gasteiger partial charge in [0.15, 0.2) is 0 Å². The van der Waals surface area contributed by atoms with E-state index in [2.05, 4.69) is 27.7 Å². The molecule has 32 heavy (non-hydrogen) atoms. The van der Waals surface area contributed by atoms with Crippen LogP contribution >= 0.6 is 11.3 Å². The van der Waals surface area contributed by atoms with E-state index in [4.69, 9.17) is 4.74 Å². The van der Waals surface area contributed by atoms with Gasteiger partial charge in [-0.2, -0.15) is 0 Å². The number of allylic oxidation sites excluding steroid dienone is 2. The molecular weight excluding hydrogens is 434 g/mol. The van der Waals surface area contributed by atoms with Crippen molar-refractivity contribution in [2.75, 3.05) is 38.2 Å². The van der Waals surface area contributed by atoms with Crippen LogP contribution in [0.15, 0.2) is 12.2 Å². The number of anilines is 1. The topological polar surface area (TPSA) is 122 Å². The van der Waals surface area contributed by atoms with E-state index in [1.807, 2.05) is 0 Å². The number of hydrogen-bond donors (Lipinski definition) is 1. The molecule has 1 aromatic heterocycles. The van der Waals surface area contributed by atoms with Crippen molar-refractivity contribution in [2.45, 2.75) is 12.8 Å². The van der Waals surface area contributed by atoms with Crippen LogP contribution in [0.5, 0.6) is 0 Å². The molecule has 2 saturated heterocycles. The van der Waals surface area contributed by atoms with Crippen molar-refractivity contribution in [1.82, 2.24) is 20.0 Å². The van der Waals surface area contributed by atoms with Crippen LogP contribution in [-0.2, 0) is 30.3 Å². The minimum absolute atomic E-state index is 0.0560. The van der Waals surface area contributed by atoms with E-state index < -0.39 is 5.91 Å². The number of imide groups is 1. The van der Waals surface area contributed by atoms with Crippen LogP contribution in [0.2, 0.25) is 0 Å². The number of amides is 4. The normalized spacial score (nSPS) is 34.5. The van der Waals surface area contributed by atoms with Crippen LogP contribution in [0.1, 0.15) is 11.4 Å². The van der Waals surface area contributed by atoms with E-state index in [1.165, 1.54) is 0 Å². The summed E-state index contributed by atoms with van der Waals surface area (Å²) in [6.45, 7) is 1.84. The number of nitrogens with zero attached hydrogens (tertiary/aromatic N) is 4. The fourth-order valence-electron chi connectivity index (χ4n) is 5.91. The zero-order valence-electron chi connectivity index (χ0n) is 17.3. The fraction of sp³-hybridized carbons (Fsp3) is 0.619. The number of carbonyl (C=O) groups is 4. The van der Waals surface area contributed by atoms with Gasteiger partial charge in [-0.1, -0.05) is 23.5 Å². The van der Waals surface area contributed by atoms with Gasteiger partial charge in [-0.25, -0.2) is 0 Å². The van der Waals surface area contributed by atoms with Gasteiger partial charge in [0.1, 0.15) is 11.6 Å². The maximum atomic E-state index is 13.0. The van der Waals surface area contributed by atoms with Crippen molar-refractivity contribution < 1.29 is 23.9 Å². The predicted molar refractivity (Wildman–Crippen MR) is 111 cm³/mol. The van der Waals surface area contributed by atoms with Crippen molar-refractivity contribution in [3.8, 4) is 0 Å². The molecule has 0 spiro atoms. The van der Waals surface area contributed by atoms with Gasteiger partial charge in [0.25, 0.3) is 0 Å². The van der Waals surface area contributed by atoms with Crippen molar-refractivity contribution in [3.05, 3.63) is 17.2 Å². The first-order valence-electron chi connectivity index (χ1n) is 11.0. The molecule has 10 nitrogen and oxygen atoms in total. The summed E-state index contributed by atoms with van der Waals surface area (Å²) in [5.41, 5.74) is 0. The Labute approximate surface area is 188 Å². The van der Waals surface area contributed by atoms with Crippen molar-refractivity contribution in [2.24, 2.45) is 35.5 Å². The maximum Gasteiger partial charge on any atom is 0.246 e. The standard InChI is InChI=1S/C21H23N5O5S/c27-14(22-21-24-23-15(32-21)8-16(28)25-3-5-31-6-4-25)9-26-19(29)17-10-1-2-11(13-7-12(10)13)18(17)20(26)30/h1-2,10-13,17-18H,3-9H2,(H,22,24,27)/t10-,11-,12-,13+,17+,18+/m0/s1. The molecule has 0 radical (unpaired) electrons. The predicted octanol–water partition coefficient (Wildman–Crippen LogP) is -0.0690. The minimum Gasteiger partial charge on any atom is -0.378 e. The molecule has 168 valence electrons. The van der Waals surface area contributed by atoms with Crippen LogP contribution in [0, 0.1) is 35.5 Å². The third-order valence-electron chi connectivity index (χ3n) is 7.44. The zero-order valence-corrected chi connectivity index (χ0v) is 18.1. The third-order valence-corrected chi connectivity index (χ3v) is 8.27. The van der Waals surface area contributed by atoms with Crippen molar-refractivity contribution >= 4 is 40.1 Å². The SMILES string of the molecule is O=C(CN1C(=O)[C@@H]2[C@H]3C=C[C@@H]([C@@H]4C[C@H]34)[C@H]2C1=O)Nc1nnc(CC(=O)N2CCOCC2)s1. The van der Waals surface area contributed by atoms with Gasteiger partial charge in [0, 0.05) is 13.1 Å². The minimum atomic E-state index is -0.488. The molecule has 11 heteroatoms. The summed E-state index contributed by atoms with van der Waals surface area (Å²) in [6.07, 6.45) is 5.42. The van der Waals surface area contributed by atoms with Gasteiger partial charge in [-0.3, -0.25) is 29.4 Å². The largest absolute Gasteiger partial charge is 0.378 e. The first kappa shape index (κ1) is 20.0. The van der Waals surface area contributed by atoms with Gasteiger partial charge in [0.05, 0.1) is 31.5 Å². The highest BCUT2D eigenvalue weighted by Crippen LogP contribution is 2.65. The highest BCUT2D eigenvalue weighted by atomic mass is 32.1. The van der Waals surface area contributed by atoms with E-state index in [-0.39, 0.29) is 59.5 Å². The van der Waals surface area contributed by atoms with E-state index >= 15 is 0 Å². The number of hydrogen-bond acceptors (Lipinski definition) is 8.